The van der Waals surface area contributed by atoms with Gasteiger partial charge in [0, 0.05) is 18.8 Å². The van der Waals surface area contributed by atoms with Crippen LogP contribution in [0.1, 0.15) is 18.7 Å². The average Bonchev–Trinajstić information content (AvgIpc) is 2.87. The minimum Gasteiger partial charge on any atom is -0.481 e. The Balaban J connectivity index is 2.11. The molecule has 4 heteroatoms. The molecule has 1 N–H and O–H groups in total. The van der Waals surface area contributed by atoms with Gasteiger partial charge in [-0.1, -0.05) is 0 Å². The Hall–Kier alpha value is -1.45. The second kappa shape index (κ2) is 2.80. The first-order valence-electron chi connectivity index (χ1n) is 4.22. The lowest BCUT2D eigenvalue weighted by molar-refractivity contribution is -0.143. The maximum absolute atomic E-state index is 10.8. The van der Waals surface area contributed by atoms with E-state index in [1.54, 1.807) is 18.5 Å². The number of hydrogen-bond acceptors (Lipinski definition) is 3. The maximum Gasteiger partial charge on any atom is 0.310 e. The number of rotatable bonds is 3. The zero-order chi connectivity index (χ0) is 9.31. The lowest BCUT2D eigenvalue weighted by Crippen LogP contribution is -2.18. The van der Waals surface area contributed by atoms with E-state index >= 15 is 0 Å². The standard InChI is InChI=1S/C9H10N2O2/c12-8(13)9(2-3-9)6-7-10-4-1-5-11-7/h1,4-5H,2-3,6H2,(H,12,13). The molecule has 0 spiro atoms. The zero-order valence-corrected chi connectivity index (χ0v) is 7.10. The predicted molar refractivity (Wildman–Crippen MR) is 45.0 cm³/mol. The van der Waals surface area contributed by atoms with Crippen LogP contribution in [0.25, 0.3) is 0 Å². The van der Waals surface area contributed by atoms with Gasteiger partial charge in [-0.05, 0) is 18.9 Å². The van der Waals surface area contributed by atoms with Gasteiger partial charge in [0.15, 0.2) is 0 Å². The summed E-state index contributed by atoms with van der Waals surface area (Å²) in [5.74, 6) is -0.0950. The molecule has 1 aromatic heterocycles. The fourth-order valence-electron chi connectivity index (χ4n) is 1.34. The predicted octanol–water partition coefficient (Wildman–Crippen LogP) is 0.884. The van der Waals surface area contributed by atoms with Crippen molar-refractivity contribution in [2.24, 2.45) is 5.41 Å². The van der Waals surface area contributed by atoms with Crippen LogP contribution in [-0.4, -0.2) is 21.0 Å². The van der Waals surface area contributed by atoms with E-state index in [1.165, 1.54) is 0 Å². The number of nitrogens with zero attached hydrogens (tertiary/aromatic N) is 2. The summed E-state index contributed by atoms with van der Waals surface area (Å²) in [7, 11) is 0. The van der Waals surface area contributed by atoms with Gasteiger partial charge in [0.05, 0.1) is 5.41 Å². The van der Waals surface area contributed by atoms with Crippen LogP contribution in [0.3, 0.4) is 0 Å². The highest BCUT2D eigenvalue weighted by Gasteiger charge is 2.50. The molecular formula is C9H10N2O2. The highest BCUT2D eigenvalue weighted by atomic mass is 16.4. The number of aliphatic carboxylic acids is 1. The van der Waals surface area contributed by atoms with E-state index in [9.17, 15) is 4.79 Å². The Bertz CT molecular complexity index is 320. The van der Waals surface area contributed by atoms with Gasteiger partial charge >= 0.3 is 5.97 Å². The Kier molecular flexibility index (Phi) is 1.76. The van der Waals surface area contributed by atoms with E-state index in [0.717, 1.165) is 12.8 Å². The highest BCUT2D eigenvalue weighted by Crippen LogP contribution is 2.48. The minimum atomic E-state index is -0.722. The van der Waals surface area contributed by atoms with Crippen molar-refractivity contribution in [1.82, 2.24) is 9.97 Å². The fraction of sp³-hybridized carbons (Fsp3) is 0.444. The number of carbonyl (C=O) groups is 1. The van der Waals surface area contributed by atoms with E-state index in [-0.39, 0.29) is 0 Å². The van der Waals surface area contributed by atoms with Gasteiger partial charge in [-0.3, -0.25) is 4.79 Å². The summed E-state index contributed by atoms with van der Waals surface area (Å²) >= 11 is 0. The maximum atomic E-state index is 10.8. The number of carboxylic acids is 1. The third kappa shape index (κ3) is 1.52. The van der Waals surface area contributed by atoms with Crippen LogP contribution < -0.4 is 0 Å². The zero-order valence-electron chi connectivity index (χ0n) is 7.10. The Labute approximate surface area is 75.6 Å². The fourth-order valence-corrected chi connectivity index (χ4v) is 1.34. The molecule has 0 saturated heterocycles. The highest BCUT2D eigenvalue weighted by molar-refractivity contribution is 5.78. The van der Waals surface area contributed by atoms with E-state index in [4.69, 9.17) is 5.11 Å². The van der Waals surface area contributed by atoms with Crippen molar-refractivity contribution in [3.63, 3.8) is 0 Å². The Morgan fingerprint density at radius 3 is 2.54 bits per heavy atom. The van der Waals surface area contributed by atoms with Crippen LogP contribution in [0, 0.1) is 5.41 Å². The van der Waals surface area contributed by atoms with Crippen molar-refractivity contribution >= 4 is 5.97 Å². The van der Waals surface area contributed by atoms with Crippen molar-refractivity contribution in [2.75, 3.05) is 0 Å². The van der Waals surface area contributed by atoms with Crippen molar-refractivity contribution in [3.05, 3.63) is 24.3 Å². The molecule has 1 fully saturated rings. The van der Waals surface area contributed by atoms with Gasteiger partial charge in [-0.15, -0.1) is 0 Å². The van der Waals surface area contributed by atoms with Gasteiger partial charge in [0.1, 0.15) is 5.82 Å². The molecule has 13 heavy (non-hydrogen) atoms. The smallest absolute Gasteiger partial charge is 0.310 e. The summed E-state index contributed by atoms with van der Waals surface area (Å²) in [4.78, 5) is 18.9. The molecule has 0 amide bonds. The monoisotopic (exact) mass is 178 g/mol. The Morgan fingerprint density at radius 2 is 2.08 bits per heavy atom. The molecular weight excluding hydrogens is 168 g/mol. The van der Waals surface area contributed by atoms with Crippen LogP contribution in [-0.2, 0) is 11.2 Å². The Morgan fingerprint density at radius 1 is 1.46 bits per heavy atom. The molecule has 0 bridgehead atoms. The van der Waals surface area contributed by atoms with Crippen LogP contribution in [0.15, 0.2) is 18.5 Å². The molecule has 1 aromatic rings. The molecule has 0 aliphatic heterocycles. The molecule has 1 aliphatic rings. The van der Waals surface area contributed by atoms with Crippen molar-refractivity contribution in [2.45, 2.75) is 19.3 Å². The molecule has 0 radical (unpaired) electrons. The summed E-state index contributed by atoms with van der Waals surface area (Å²) in [6, 6.07) is 1.73. The summed E-state index contributed by atoms with van der Waals surface area (Å²) < 4.78 is 0. The number of carboxylic acid groups (broad SMARTS) is 1. The van der Waals surface area contributed by atoms with E-state index in [2.05, 4.69) is 9.97 Å². The third-order valence-corrected chi connectivity index (χ3v) is 2.42. The lowest BCUT2D eigenvalue weighted by atomic mass is 10.0. The second-order valence-corrected chi connectivity index (χ2v) is 3.43. The number of aromatic nitrogens is 2. The van der Waals surface area contributed by atoms with Crippen LogP contribution in [0.4, 0.5) is 0 Å². The van der Waals surface area contributed by atoms with Gasteiger partial charge in [-0.2, -0.15) is 0 Å². The van der Waals surface area contributed by atoms with Gasteiger partial charge in [0.25, 0.3) is 0 Å². The number of hydrogen-bond donors (Lipinski definition) is 1. The van der Waals surface area contributed by atoms with E-state index in [0.29, 0.717) is 12.2 Å². The van der Waals surface area contributed by atoms with Crippen LogP contribution in [0.5, 0.6) is 0 Å². The first-order chi connectivity index (χ1) is 6.23. The summed E-state index contributed by atoms with van der Waals surface area (Å²) in [6.45, 7) is 0. The topological polar surface area (TPSA) is 63.1 Å². The van der Waals surface area contributed by atoms with Gasteiger partial charge in [-0.25, -0.2) is 9.97 Å². The van der Waals surface area contributed by atoms with Crippen molar-refractivity contribution < 1.29 is 9.90 Å². The minimum absolute atomic E-state index is 0.461. The third-order valence-electron chi connectivity index (χ3n) is 2.42. The molecule has 68 valence electrons. The average molecular weight is 178 g/mol. The van der Waals surface area contributed by atoms with E-state index in [1.807, 2.05) is 0 Å². The van der Waals surface area contributed by atoms with Crippen molar-refractivity contribution in [3.8, 4) is 0 Å². The quantitative estimate of drug-likeness (QED) is 0.746. The summed E-state index contributed by atoms with van der Waals surface area (Å²) in [6.07, 6.45) is 5.24. The molecule has 1 aliphatic carbocycles. The summed E-state index contributed by atoms with van der Waals surface area (Å²) in [5.41, 5.74) is -0.554. The largest absolute Gasteiger partial charge is 0.481 e. The normalized spacial score (nSPS) is 18.2. The molecule has 0 aromatic carbocycles. The first kappa shape index (κ1) is 8.16. The SMILES string of the molecule is O=C(O)C1(Cc2ncccn2)CC1. The molecule has 2 rings (SSSR count). The lowest BCUT2D eigenvalue weighted by Gasteiger charge is -2.06. The molecule has 0 atom stereocenters. The molecule has 1 saturated carbocycles. The molecule has 0 unspecified atom stereocenters. The van der Waals surface area contributed by atoms with Crippen molar-refractivity contribution in [1.29, 1.82) is 0 Å². The molecule has 4 nitrogen and oxygen atoms in total. The van der Waals surface area contributed by atoms with Gasteiger partial charge in [0.2, 0.25) is 0 Å². The molecule has 1 heterocycles. The van der Waals surface area contributed by atoms with Crippen LogP contribution in [0.2, 0.25) is 0 Å². The van der Waals surface area contributed by atoms with Gasteiger partial charge < -0.3 is 5.11 Å². The summed E-state index contributed by atoms with van der Waals surface area (Å²) in [5, 5.41) is 8.91. The van der Waals surface area contributed by atoms with E-state index < -0.39 is 11.4 Å². The first-order valence-corrected chi connectivity index (χ1v) is 4.22. The second-order valence-electron chi connectivity index (χ2n) is 3.43. The van der Waals surface area contributed by atoms with Crippen LogP contribution >= 0.6 is 0 Å².